The van der Waals surface area contributed by atoms with E-state index in [1.807, 2.05) is 18.2 Å². The van der Waals surface area contributed by atoms with Crippen LogP contribution in [-0.4, -0.2) is 16.0 Å². The molecule has 23 heavy (non-hydrogen) atoms. The molecule has 0 aliphatic heterocycles. The van der Waals surface area contributed by atoms with Crippen molar-refractivity contribution in [2.45, 2.75) is 13.5 Å². The number of hydrogen-bond acceptors (Lipinski definition) is 4. The van der Waals surface area contributed by atoms with Crippen LogP contribution in [0.25, 0.3) is 11.5 Å². The summed E-state index contributed by atoms with van der Waals surface area (Å²) in [5.41, 5.74) is 2.20. The molecule has 1 aromatic heterocycles. The van der Waals surface area contributed by atoms with Crippen LogP contribution in [-0.2, 0) is 6.54 Å². The van der Waals surface area contributed by atoms with Crippen molar-refractivity contribution in [1.29, 1.82) is 0 Å². The molecule has 6 heteroatoms. The normalized spacial score (nSPS) is 10.5. The van der Waals surface area contributed by atoms with E-state index in [0.29, 0.717) is 28.8 Å². The summed E-state index contributed by atoms with van der Waals surface area (Å²) in [4.78, 5) is 16.3. The lowest BCUT2D eigenvalue weighted by atomic mass is 10.1. The monoisotopic (exact) mass is 327 g/mol. The van der Waals surface area contributed by atoms with Gasteiger partial charge in [-0.15, -0.1) is 0 Å². The first kappa shape index (κ1) is 15.2. The van der Waals surface area contributed by atoms with Crippen LogP contribution in [0.3, 0.4) is 0 Å². The highest BCUT2D eigenvalue weighted by Crippen LogP contribution is 2.18. The zero-order valence-electron chi connectivity index (χ0n) is 12.4. The third-order valence-electron chi connectivity index (χ3n) is 3.32. The van der Waals surface area contributed by atoms with Gasteiger partial charge in [0, 0.05) is 22.7 Å². The van der Waals surface area contributed by atoms with E-state index in [-0.39, 0.29) is 5.91 Å². The van der Waals surface area contributed by atoms with Gasteiger partial charge in [0.15, 0.2) is 5.82 Å². The Balaban J connectivity index is 1.67. The molecule has 0 atom stereocenters. The molecule has 0 saturated heterocycles. The molecule has 116 valence electrons. The summed E-state index contributed by atoms with van der Waals surface area (Å²) in [6, 6.07) is 14.4. The number of aryl methyl sites for hydroxylation is 1. The molecule has 5 nitrogen and oxygen atoms in total. The molecule has 2 aromatic carbocycles. The molecule has 3 aromatic rings. The van der Waals surface area contributed by atoms with E-state index in [1.54, 1.807) is 37.3 Å². The minimum atomic E-state index is -0.168. The van der Waals surface area contributed by atoms with Gasteiger partial charge in [0.05, 0.1) is 0 Å². The Morgan fingerprint density at radius 1 is 1.17 bits per heavy atom. The van der Waals surface area contributed by atoms with Gasteiger partial charge in [-0.2, -0.15) is 4.98 Å². The number of aromatic nitrogens is 2. The summed E-state index contributed by atoms with van der Waals surface area (Å²) in [6.45, 7) is 2.13. The fourth-order valence-corrected chi connectivity index (χ4v) is 2.30. The lowest BCUT2D eigenvalue weighted by molar-refractivity contribution is 0.0951. The van der Waals surface area contributed by atoms with E-state index in [4.69, 9.17) is 16.1 Å². The van der Waals surface area contributed by atoms with Crippen LogP contribution >= 0.6 is 11.6 Å². The number of nitrogens with one attached hydrogen (secondary N) is 1. The number of hydrogen-bond donors (Lipinski definition) is 1. The Morgan fingerprint density at radius 2 is 1.91 bits per heavy atom. The van der Waals surface area contributed by atoms with Crippen LogP contribution in [0, 0.1) is 6.92 Å². The number of amides is 1. The molecule has 0 aliphatic rings. The van der Waals surface area contributed by atoms with Crippen LogP contribution in [0.1, 0.15) is 21.7 Å². The summed E-state index contributed by atoms with van der Waals surface area (Å²) in [5, 5.41) is 7.22. The fraction of sp³-hybridized carbons (Fsp3) is 0.118. The van der Waals surface area contributed by atoms with Crippen molar-refractivity contribution in [3.8, 4) is 11.5 Å². The molecule has 0 fully saturated rings. The number of carbonyl (C=O) groups excluding carboxylic acids is 1. The third-order valence-corrected chi connectivity index (χ3v) is 3.69. The second-order valence-electron chi connectivity index (χ2n) is 5.00. The second kappa shape index (κ2) is 6.62. The van der Waals surface area contributed by atoms with Gasteiger partial charge in [-0.3, -0.25) is 4.79 Å². The van der Waals surface area contributed by atoms with Crippen molar-refractivity contribution >= 4 is 17.5 Å². The first-order valence-corrected chi connectivity index (χ1v) is 7.43. The molecule has 0 spiro atoms. The van der Waals surface area contributed by atoms with Crippen LogP contribution < -0.4 is 5.32 Å². The van der Waals surface area contributed by atoms with Crippen molar-refractivity contribution < 1.29 is 9.32 Å². The molecule has 1 heterocycles. The molecule has 1 amide bonds. The Hall–Kier alpha value is -2.66. The number of benzene rings is 2. The van der Waals surface area contributed by atoms with Gasteiger partial charge in [-0.25, -0.2) is 0 Å². The zero-order valence-corrected chi connectivity index (χ0v) is 13.2. The van der Waals surface area contributed by atoms with Crippen molar-refractivity contribution in [3.05, 3.63) is 70.5 Å². The molecular formula is C17H14ClN3O2. The third kappa shape index (κ3) is 3.57. The van der Waals surface area contributed by atoms with Crippen LogP contribution in [0.5, 0.6) is 0 Å². The van der Waals surface area contributed by atoms with Gasteiger partial charge in [0.25, 0.3) is 11.8 Å². The summed E-state index contributed by atoms with van der Waals surface area (Å²) in [5.74, 6) is 0.838. The zero-order chi connectivity index (χ0) is 16.2. The lowest BCUT2D eigenvalue weighted by Crippen LogP contribution is -2.22. The van der Waals surface area contributed by atoms with Crippen LogP contribution in [0.4, 0.5) is 0 Å². The fourth-order valence-electron chi connectivity index (χ4n) is 2.10. The molecule has 0 radical (unpaired) electrons. The first-order chi connectivity index (χ1) is 11.1. The van der Waals surface area contributed by atoms with E-state index in [0.717, 1.165) is 11.1 Å². The number of nitrogens with zero attached hydrogens (tertiary/aromatic N) is 2. The molecule has 3 rings (SSSR count). The summed E-state index contributed by atoms with van der Waals surface area (Å²) < 4.78 is 5.09. The van der Waals surface area contributed by atoms with Gasteiger partial charge < -0.3 is 9.84 Å². The maximum absolute atomic E-state index is 12.2. The van der Waals surface area contributed by atoms with Crippen LogP contribution in [0.2, 0.25) is 5.02 Å². The smallest absolute Gasteiger partial charge is 0.257 e. The van der Waals surface area contributed by atoms with Crippen molar-refractivity contribution in [1.82, 2.24) is 15.5 Å². The Labute approximate surface area is 138 Å². The molecule has 0 bridgehead atoms. The van der Waals surface area contributed by atoms with E-state index in [1.165, 1.54) is 0 Å². The predicted molar refractivity (Wildman–Crippen MR) is 87.1 cm³/mol. The minimum absolute atomic E-state index is 0.168. The second-order valence-corrected chi connectivity index (χ2v) is 5.41. The summed E-state index contributed by atoms with van der Waals surface area (Å²) in [7, 11) is 0. The van der Waals surface area contributed by atoms with Crippen molar-refractivity contribution in [2.75, 3.05) is 0 Å². The first-order valence-electron chi connectivity index (χ1n) is 7.06. The highest BCUT2D eigenvalue weighted by atomic mass is 35.5. The Kier molecular flexibility index (Phi) is 4.39. The van der Waals surface area contributed by atoms with E-state index in [9.17, 15) is 4.79 Å². The summed E-state index contributed by atoms with van der Waals surface area (Å²) >= 11 is 6.07. The van der Waals surface area contributed by atoms with Crippen molar-refractivity contribution in [2.24, 2.45) is 0 Å². The van der Waals surface area contributed by atoms with Crippen molar-refractivity contribution in [3.63, 3.8) is 0 Å². The Bertz CT molecular complexity index is 828. The number of rotatable bonds is 4. The maximum atomic E-state index is 12.2. The molecule has 0 unspecified atom stereocenters. The average Bonchev–Trinajstić information content (AvgIpc) is 3.00. The number of halogens is 1. The van der Waals surface area contributed by atoms with Gasteiger partial charge in [0.2, 0.25) is 0 Å². The molecule has 0 saturated carbocycles. The highest BCUT2D eigenvalue weighted by molar-refractivity contribution is 6.31. The average molecular weight is 328 g/mol. The van der Waals surface area contributed by atoms with E-state index >= 15 is 0 Å². The van der Waals surface area contributed by atoms with E-state index < -0.39 is 0 Å². The lowest BCUT2D eigenvalue weighted by Gasteiger charge is -2.07. The van der Waals surface area contributed by atoms with Crippen LogP contribution in [0.15, 0.2) is 53.1 Å². The maximum Gasteiger partial charge on any atom is 0.257 e. The predicted octanol–water partition coefficient (Wildman–Crippen LogP) is 3.63. The highest BCUT2D eigenvalue weighted by Gasteiger charge is 2.09. The van der Waals surface area contributed by atoms with E-state index in [2.05, 4.69) is 15.5 Å². The van der Waals surface area contributed by atoms with Gasteiger partial charge in [-0.05, 0) is 42.8 Å². The molecule has 0 aliphatic carbocycles. The Morgan fingerprint density at radius 3 is 2.57 bits per heavy atom. The van der Waals surface area contributed by atoms with Gasteiger partial charge in [-0.1, -0.05) is 35.0 Å². The minimum Gasteiger partial charge on any atom is -0.348 e. The number of carbonyl (C=O) groups is 1. The quantitative estimate of drug-likeness (QED) is 0.794. The summed E-state index contributed by atoms with van der Waals surface area (Å²) in [6.07, 6.45) is 0. The van der Waals surface area contributed by atoms with Gasteiger partial charge >= 0.3 is 0 Å². The SMILES string of the molecule is Cc1noc(-c2ccc(C(=O)NCc3ccccc3Cl)cc2)n1. The topological polar surface area (TPSA) is 68.0 Å². The largest absolute Gasteiger partial charge is 0.348 e. The van der Waals surface area contributed by atoms with Gasteiger partial charge in [0.1, 0.15) is 0 Å². The molecular weight excluding hydrogens is 314 g/mol. The molecule has 1 N–H and O–H groups in total. The standard InChI is InChI=1S/C17H14ClN3O2/c1-11-20-17(23-21-11)13-8-6-12(7-9-13)16(22)19-10-14-4-2-3-5-15(14)18/h2-9H,10H2,1H3,(H,19,22).